The highest BCUT2D eigenvalue weighted by atomic mass is 16.5. The highest BCUT2D eigenvalue weighted by Crippen LogP contribution is 2.25. The van der Waals surface area contributed by atoms with E-state index in [1.54, 1.807) is 18.2 Å². The Balaban J connectivity index is 2.27. The van der Waals surface area contributed by atoms with Gasteiger partial charge in [-0.05, 0) is 24.3 Å². The normalized spacial score (nSPS) is 9.89. The van der Waals surface area contributed by atoms with Crippen molar-refractivity contribution < 1.29 is 33.4 Å². The fourth-order valence-electron chi connectivity index (χ4n) is 2.16. The van der Waals surface area contributed by atoms with Gasteiger partial charge >= 0.3 is 17.9 Å². The number of rotatable bonds is 5. The highest BCUT2D eigenvalue weighted by molar-refractivity contribution is 6.05. The number of hydrogen-bond acceptors (Lipinski definition) is 7. The number of amides is 1. The molecule has 8 heteroatoms. The fraction of sp³-hybridized carbons (Fsp3) is 0.158. The molecule has 2 rings (SSSR count). The standard InChI is InChI=1S/C19H17NO7/c1-11(21)25-16-6-4-5-15(9-16)20-19(24)14-7-17(26-12(2)22)10-18(8-14)27-13(3)23/h4-10H,1-3H3,(H,20,24). The van der Waals surface area contributed by atoms with Gasteiger partial charge in [0.1, 0.15) is 17.2 Å². The molecule has 27 heavy (non-hydrogen) atoms. The van der Waals surface area contributed by atoms with Crippen LogP contribution < -0.4 is 19.5 Å². The number of carbonyl (C=O) groups excluding carboxylic acids is 4. The van der Waals surface area contributed by atoms with Gasteiger partial charge in [0, 0.05) is 44.2 Å². The van der Waals surface area contributed by atoms with E-state index >= 15 is 0 Å². The SMILES string of the molecule is CC(=O)Oc1cccc(NC(=O)c2cc(OC(C)=O)cc(OC(C)=O)c2)c1. The van der Waals surface area contributed by atoms with Crippen LogP contribution in [0.4, 0.5) is 5.69 Å². The van der Waals surface area contributed by atoms with Gasteiger partial charge in [0.25, 0.3) is 5.91 Å². The van der Waals surface area contributed by atoms with E-state index < -0.39 is 23.8 Å². The molecule has 1 N–H and O–H groups in total. The summed E-state index contributed by atoms with van der Waals surface area (Å²) in [5.74, 6) is -1.82. The van der Waals surface area contributed by atoms with Crippen LogP contribution in [0, 0.1) is 0 Å². The lowest BCUT2D eigenvalue weighted by Crippen LogP contribution is -2.13. The zero-order valence-corrected chi connectivity index (χ0v) is 14.9. The summed E-state index contributed by atoms with van der Waals surface area (Å²) < 4.78 is 14.9. The molecule has 1 amide bonds. The summed E-state index contributed by atoms with van der Waals surface area (Å²) in [6.07, 6.45) is 0. The van der Waals surface area contributed by atoms with E-state index in [2.05, 4.69) is 5.32 Å². The Morgan fingerprint density at radius 3 is 1.74 bits per heavy atom. The van der Waals surface area contributed by atoms with Gasteiger partial charge in [-0.3, -0.25) is 19.2 Å². The average Bonchev–Trinajstić information content (AvgIpc) is 2.52. The quantitative estimate of drug-likeness (QED) is 0.636. The van der Waals surface area contributed by atoms with E-state index in [1.807, 2.05) is 0 Å². The topological polar surface area (TPSA) is 108 Å². The number of benzene rings is 2. The minimum absolute atomic E-state index is 0.0556. The van der Waals surface area contributed by atoms with Gasteiger partial charge in [-0.2, -0.15) is 0 Å². The molecule has 140 valence electrons. The molecule has 0 aliphatic carbocycles. The molecule has 0 aromatic heterocycles. The Kier molecular flexibility index (Phi) is 6.27. The molecule has 0 unspecified atom stereocenters. The van der Waals surface area contributed by atoms with E-state index in [0.29, 0.717) is 5.69 Å². The van der Waals surface area contributed by atoms with Crippen molar-refractivity contribution in [3.8, 4) is 17.2 Å². The maximum Gasteiger partial charge on any atom is 0.308 e. The summed E-state index contributed by atoms with van der Waals surface area (Å²) in [5, 5.41) is 2.62. The van der Waals surface area contributed by atoms with Crippen molar-refractivity contribution >= 4 is 29.5 Å². The first kappa shape index (κ1) is 19.6. The first-order valence-corrected chi connectivity index (χ1v) is 7.84. The third-order valence-electron chi connectivity index (χ3n) is 3.02. The van der Waals surface area contributed by atoms with Crippen LogP contribution in [0.25, 0.3) is 0 Å². The van der Waals surface area contributed by atoms with Crippen molar-refractivity contribution in [2.24, 2.45) is 0 Å². The van der Waals surface area contributed by atoms with Gasteiger partial charge in [0.2, 0.25) is 0 Å². The van der Waals surface area contributed by atoms with Gasteiger partial charge in [-0.25, -0.2) is 0 Å². The molecule has 0 saturated heterocycles. The summed E-state index contributed by atoms with van der Waals surface area (Å²) in [4.78, 5) is 45.9. The largest absolute Gasteiger partial charge is 0.427 e. The molecule has 0 atom stereocenters. The lowest BCUT2D eigenvalue weighted by molar-refractivity contribution is -0.133. The molecule has 0 aliphatic heterocycles. The fourth-order valence-corrected chi connectivity index (χ4v) is 2.16. The summed E-state index contributed by atoms with van der Waals surface area (Å²) in [6, 6.07) is 10.2. The lowest BCUT2D eigenvalue weighted by atomic mass is 10.1. The molecule has 0 heterocycles. The summed E-state index contributed by atoms with van der Waals surface area (Å²) >= 11 is 0. The Morgan fingerprint density at radius 2 is 1.22 bits per heavy atom. The Bertz CT molecular complexity index is 870. The summed E-state index contributed by atoms with van der Waals surface area (Å²) in [7, 11) is 0. The predicted octanol–water partition coefficient (Wildman–Crippen LogP) is 2.71. The van der Waals surface area contributed by atoms with Crippen molar-refractivity contribution in [3.63, 3.8) is 0 Å². The Labute approximate surface area is 155 Å². The minimum Gasteiger partial charge on any atom is -0.427 e. The zero-order valence-electron chi connectivity index (χ0n) is 14.9. The van der Waals surface area contributed by atoms with Crippen LogP contribution in [0.3, 0.4) is 0 Å². The summed E-state index contributed by atoms with van der Waals surface area (Å²) in [6.45, 7) is 3.68. The number of ether oxygens (including phenoxy) is 3. The Hall–Kier alpha value is -3.68. The first-order chi connectivity index (χ1) is 12.7. The monoisotopic (exact) mass is 371 g/mol. The highest BCUT2D eigenvalue weighted by Gasteiger charge is 2.13. The molecule has 8 nitrogen and oxygen atoms in total. The van der Waals surface area contributed by atoms with Crippen molar-refractivity contribution in [2.75, 3.05) is 5.32 Å². The molecule has 0 bridgehead atoms. The third kappa shape index (κ3) is 6.28. The average molecular weight is 371 g/mol. The van der Waals surface area contributed by atoms with E-state index in [4.69, 9.17) is 14.2 Å². The lowest BCUT2D eigenvalue weighted by Gasteiger charge is -2.10. The first-order valence-electron chi connectivity index (χ1n) is 7.84. The second kappa shape index (κ2) is 8.61. The van der Waals surface area contributed by atoms with Gasteiger partial charge in [0.05, 0.1) is 0 Å². The second-order valence-electron chi connectivity index (χ2n) is 5.46. The van der Waals surface area contributed by atoms with Gasteiger partial charge in [-0.15, -0.1) is 0 Å². The van der Waals surface area contributed by atoms with Crippen LogP contribution in [0.15, 0.2) is 42.5 Å². The molecule has 2 aromatic carbocycles. The number of carbonyl (C=O) groups is 4. The van der Waals surface area contributed by atoms with E-state index in [0.717, 1.165) is 0 Å². The van der Waals surface area contributed by atoms with Crippen LogP contribution in [-0.4, -0.2) is 23.8 Å². The number of nitrogens with one attached hydrogen (secondary N) is 1. The van der Waals surface area contributed by atoms with E-state index in [1.165, 1.54) is 45.0 Å². The zero-order chi connectivity index (χ0) is 20.0. The maximum atomic E-state index is 12.5. The van der Waals surface area contributed by atoms with Crippen LogP contribution in [0.2, 0.25) is 0 Å². The smallest absolute Gasteiger partial charge is 0.308 e. The molecule has 0 saturated carbocycles. The minimum atomic E-state index is -0.588. The molecule has 0 fully saturated rings. The van der Waals surface area contributed by atoms with Crippen molar-refractivity contribution in [1.82, 2.24) is 0 Å². The second-order valence-corrected chi connectivity index (χ2v) is 5.46. The van der Waals surface area contributed by atoms with Crippen LogP contribution in [-0.2, 0) is 14.4 Å². The van der Waals surface area contributed by atoms with E-state index in [-0.39, 0.29) is 22.8 Å². The number of hydrogen-bond donors (Lipinski definition) is 1. The number of anilines is 1. The van der Waals surface area contributed by atoms with Crippen molar-refractivity contribution in [2.45, 2.75) is 20.8 Å². The summed E-state index contributed by atoms with van der Waals surface area (Å²) in [5.41, 5.74) is 0.480. The third-order valence-corrected chi connectivity index (χ3v) is 3.02. The van der Waals surface area contributed by atoms with Gasteiger partial charge in [0.15, 0.2) is 0 Å². The van der Waals surface area contributed by atoms with Crippen LogP contribution in [0.5, 0.6) is 17.2 Å². The molecule has 0 aliphatic rings. The van der Waals surface area contributed by atoms with Gasteiger partial charge in [-0.1, -0.05) is 6.07 Å². The van der Waals surface area contributed by atoms with Gasteiger partial charge < -0.3 is 19.5 Å². The maximum absolute atomic E-state index is 12.5. The van der Waals surface area contributed by atoms with Crippen molar-refractivity contribution in [1.29, 1.82) is 0 Å². The molecule has 2 aromatic rings. The molecular weight excluding hydrogens is 354 g/mol. The number of esters is 3. The van der Waals surface area contributed by atoms with E-state index in [9.17, 15) is 19.2 Å². The molecule has 0 spiro atoms. The molecular formula is C19H17NO7. The van der Waals surface area contributed by atoms with Crippen molar-refractivity contribution in [3.05, 3.63) is 48.0 Å². The Morgan fingerprint density at radius 1 is 0.704 bits per heavy atom. The predicted molar refractivity (Wildman–Crippen MR) is 94.8 cm³/mol. The van der Waals surface area contributed by atoms with Crippen LogP contribution in [0.1, 0.15) is 31.1 Å². The van der Waals surface area contributed by atoms with Crippen LogP contribution >= 0.6 is 0 Å². The molecule has 0 radical (unpaired) electrons.